The average molecular weight is 418 g/mol. The van der Waals surface area contributed by atoms with Gasteiger partial charge in [-0.2, -0.15) is 5.10 Å². The molecule has 158 valence electrons. The third-order valence-corrected chi connectivity index (χ3v) is 5.01. The number of carbonyl (C=O) groups excluding carboxylic acids is 3. The summed E-state index contributed by atoms with van der Waals surface area (Å²) in [6.07, 6.45) is 5.32. The molecule has 3 amide bonds. The number of carbonyl (C=O) groups is 3. The Morgan fingerprint density at radius 1 is 1.06 bits per heavy atom. The Kier molecular flexibility index (Phi) is 6.02. The van der Waals surface area contributed by atoms with Crippen LogP contribution >= 0.6 is 0 Å². The quantitative estimate of drug-likeness (QED) is 0.602. The van der Waals surface area contributed by atoms with E-state index in [9.17, 15) is 14.4 Å². The highest BCUT2D eigenvalue weighted by atomic mass is 16.2. The number of hydrogen-bond acceptors (Lipinski definition) is 5. The first-order valence-electron chi connectivity index (χ1n) is 9.94. The number of pyridine rings is 1. The molecule has 0 spiro atoms. The van der Waals surface area contributed by atoms with Crippen LogP contribution < -0.4 is 10.6 Å². The van der Waals surface area contributed by atoms with Gasteiger partial charge in [-0.15, -0.1) is 0 Å². The zero-order valence-corrected chi connectivity index (χ0v) is 16.8. The molecule has 0 radical (unpaired) electrons. The highest BCUT2D eigenvalue weighted by molar-refractivity contribution is 5.96. The highest BCUT2D eigenvalue weighted by Crippen LogP contribution is 2.20. The first kappa shape index (κ1) is 20.3. The minimum Gasteiger partial charge on any atom is -0.347 e. The molecule has 1 fully saturated rings. The summed E-state index contributed by atoms with van der Waals surface area (Å²) in [5.41, 5.74) is 2.26. The summed E-state index contributed by atoms with van der Waals surface area (Å²) in [6, 6.07) is 14.5. The molecule has 31 heavy (non-hydrogen) atoms. The van der Waals surface area contributed by atoms with Crippen molar-refractivity contribution in [1.82, 2.24) is 25.0 Å². The third-order valence-electron chi connectivity index (χ3n) is 5.01. The van der Waals surface area contributed by atoms with Gasteiger partial charge in [0.1, 0.15) is 0 Å². The summed E-state index contributed by atoms with van der Waals surface area (Å²) in [5, 5.41) is 9.51. The van der Waals surface area contributed by atoms with Gasteiger partial charge in [-0.1, -0.05) is 6.07 Å². The number of rotatable bonds is 7. The molecule has 2 aromatic heterocycles. The van der Waals surface area contributed by atoms with Crippen LogP contribution in [0.1, 0.15) is 12.1 Å². The smallest absolute Gasteiger partial charge is 0.243 e. The largest absolute Gasteiger partial charge is 0.347 e. The van der Waals surface area contributed by atoms with Crippen molar-refractivity contribution in [3.8, 4) is 5.69 Å². The van der Waals surface area contributed by atoms with Crippen LogP contribution in [0.25, 0.3) is 5.69 Å². The number of nitrogens with one attached hydrogen (secondary N) is 2. The Labute approximate surface area is 179 Å². The fourth-order valence-corrected chi connectivity index (χ4v) is 3.42. The Bertz CT molecular complexity index is 1050. The van der Waals surface area contributed by atoms with Crippen molar-refractivity contribution >= 4 is 23.4 Å². The molecule has 0 bridgehead atoms. The van der Waals surface area contributed by atoms with E-state index in [1.807, 2.05) is 42.6 Å². The fourth-order valence-electron chi connectivity index (χ4n) is 3.42. The minimum absolute atomic E-state index is 0.0903. The Morgan fingerprint density at radius 2 is 1.90 bits per heavy atom. The topological polar surface area (TPSA) is 109 Å². The number of anilines is 1. The molecular weight excluding hydrogens is 396 g/mol. The summed E-state index contributed by atoms with van der Waals surface area (Å²) < 4.78 is 1.71. The van der Waals surface area contributed by atoms with Gasteiger partial charge in [0.2, 0.25) is 17.7 Å². The predicted molar refractivity (Wildman–Crippen MR) is 113 cm³/mol. The number of likely N-dealkylation sites (tertiary alicyclic amines) is 1. The molecule has 9 heteroatoms. The minimum atomic E-state index is -0.475. The molecule has 1 atom stereocenters. The molecule has 3 aromatic rings. The lowest BCUT2D eigenvalue weighted by molar-refractivity contribution is -0.129. The Hall–Kier alpha value is -4.01. The standard InChI is InChI=1S/C22H22N6O3/c29-20(26-17-5-7-19(8-6-17)28-11-3-10-25-28)13-24-22(31)16-12-21(30)27(14-16)15-18-4-1-2-9-23-18/h1-11,16H,12-15H2,(H,24,31)(H,26,29). The van der Waals surface area contributed by atoms with E-state index in [1.54, 1.807) is 34.1 Å². The molecule has 2 N–H and O–H groups in total. The molecule has 9 nitrogen and oxygen atoms in total. The molecule has 0 aliphatic carbocycles. The lowest BCUT2D eigenvalue weighted by Gasteiger charge is -2.16. The predicted octanol–water partition coefficient (Wildman–Crippen LogP) is 1.37. The van der Waals surface area contributed by atoms with E-state index < -0.39 is 5.92 Å². The lowest BCUT2D eigenvalue weighted by Crippen LogP contribution is -2.37. The monoisotopic (exact) mass is 418 g/mol. The van der Waals surface area contributed by atoms with Crippen molar-refractivity contribution in [3.63, 3.8) is 0 Å². The molecule has 1 aliphatic rings. The number of hydrogen-bond donors (Lipinski definition) is 2. The molecule has 0 saturated carbocycles. The Balaban J connectivity index is 1.24. The van der Waals surface area contributed by atoms with Gasteiger partial charge >= 0.3 is 0 Å². The summed E-state index contributed by atoms with van der Waals surface area (Å²) >= 11 is 0. The van der Waals surface area contributed by atoms with Gasteiger partial charge in [-0.3, -0.25) is 19.4 Å². The summed E-state index contributed by atoms with van der Waals surface area (Å²) in [7, 11) is 0. The molecule has 4 rings (SSSR count). The summed E-state index contributed by atoms with van der Waals surface area (Å²) in [5.74, 6) is -1.21. The molecule has 1 aliphatic heterocycles. The van der Waals surface area contributed by atoms with Crippen LogP contribution in [0.15, 0.2) is 67.1 Å². The molecule has 3 heterocycles. The van der Waals surface area contributed by atoms with Crippen LogP contribution in [0.2, 0.25) is 0 Å². The highest BCUT2D eigenvalue weighted by Gasteiger charge is 2.34. The first-order chi connectivity index (χ1) is 15.1. The van der Waals surface area contributed by atoms with Crippen molar-refractivity contribution in [2.24, 2.45) is 5.92 Å². The fraction of sp³-hybridized carbons (Fsp3) is 0.227. The summed E-state index contributed by atoms with van der Waals surface area (Å²) in [4.78, 5) is 42.7. The van der Waals surface area contributed by atoms with Gasteiger partial charge in [-0.05, 0) is 42.5 Å². The van der Waals surface area contributed by atoms with E-state index in [0.717, 1.165) is 11.4 Å². The van der Waals surface area contributed by atoms with Gasteiger partial charge in [0, 0.05) is 37.2 Å². The van der Waals surface area contributed by atoms with Crippen LogP contribution in [0.3, 0.4) is 0 Å². The van der Waals surface area contributed by atoms with Crippen molar-refractivity contribution in [3.05, 3.63) is 72.8 Å². The normalized spacial score (nSPS) is 15.7. The van der Waals surface area contributed by atoms with E-state index in [-0.39, 0.29) is 30.7 Å². The van der Waals surface area contributed by atoms with Gasteiger partial charge in [0.15, 0.2) is 0 Å². The van der Waals surface area contributed by atoms with Crippen LogP contribution in [-0.4, -0.2) is 50.5 Å². The third kappa shape index (κ3) is 5.13. The maximum Gasteiger partial charge on any atom is 0.243 e. The SMILES string of the molecule is O=C(CNC(=O)C1CC(=O)N(Cc2ccccn2)C1)Nc1ccc(-n2cccn2)cc1. The molecule has 1 saturated heterocycles. The number of nitrogens with zero attached hydrogens (tertiary/aromatic N) is 4. The zero-order valence-electron chi connectivity index (χ0n) is 16.8. The second kappa shape index (κ2) is 9.21. The number of aromatic nitrogens is 3. The van der Waals surface area contributed by atoms with Gasteiger partial charge < -0.3 is 15.5 Å². The lowest BCUT2D eigenvalue weighted by atomic mass is 10.1. The second-order valence-electron chi connectivity index (χ2n) is 7.26. The van der Waals surface area contributed by atoms with Crippen LogP contribution in [0.5, 0.6) is 0 Å². The first-order valence-corrected chi connectivity index (χ1v) is 9.94. The molecule has 1 unspecified atom stereocenters. The van der Waals surface area contributed by atoms with Crippen molar-refractivity contribution < 1.29 is 14.4 Å². The van der Waals surface area contributed by atoms with E-state index in [0.29, 0.717) is 18.8 Å². The van der Waals surface area contributed by atoms with E-state index in [4.69, 9.17) is 0 Å². The van der Waals surface area contributed by atoms with Crippen LogP contribution in [0, 0.1) is 5.92 Å². The zero-order chi connectivity index (χ0) is 21.6. The second-order valence-corrected chi connectivity index (χ2v) is 7.26. The molecule has 1 aromatic carbocycles. The van der Waals surface area contributed by atoms with Gasteiger partial charge in [0.05, 0.1) is 30.4 Å². The van der Waals surface area contributed by atoms with Gasteiger partial charge in [0.25, 0.3) is 0 Å². The van der Waals surface area contributed by atoms with Crippen LogP contribution in [-0.2, 0) is 20.9 Å². The van der Waals surface area contributed by atoms with Crippen LogP contribution in [0.4, 0.5) is 5.69 Å². The average Bonchev–Trinajstić information content (AvgIpc) is 3.44. The number of benzene rings is 1. The number of amides is 3. The van der Waals surface area contributed by atoms with Crippen molar-refractivity contribution in [2.45, 2.75) is 13.0 Å². The van der Waals surface area contributed by atoms with Crippen molar-refractivity contribution in [1.29, 1.82) is 0 Å². The maximum absolute atomic E-state index is 12.4. The van der Waals surface area contributed by atoms with Crippen molar-refractivity contribution in [2.75, 3.05) is 18.4 Å². The maximum atomic E-state index is 12.4. The molecular formula is C22H22N6O3. The van der Waals surface area contributed by atoms with E-state index in [2.05, 4.69) is 20.7 Å². The summed E-state index contributed by atoms with van der Waals surface area (Å²) in [6.45, 7) is 0.529. The van der Waals surface area contributed by atoms with E-state index in [1.165, 1.54) is 0 Å². The van der Waals surface area contributed by atoms with E-state index >= 15 is 0 Å². The van der Waals surface area contributed by atoms with Gasteiger partial charge in [-0.25, -0.2) is 4.68 Å². The Morgan fingerprint density at radius 3 is 2.61 bits per heavy atom.